The van der Waals surface area contributed by atoms with Gasteiger partial charge in [0.2, 0.25) is 5.91 Å². The first-order chi connectivity index (χ1) is 20.3. The Morgan fingerprint density at radius 1 is 0.810 bits per heavy atom. The number of benzene rings is 4. The highest BCUT2D eigenvalue weighted by molar-refractivity contribution is 8.00. The summed E-state index contributed by atoms with van der Waals surface area (Å²) in [4.78, 5) is 39.5. The molecule has 0 radical (unpaired) electrons. The van der Waals surface area contributed by atoms with Gasteiger partial charge in [-0.3, -0.25) is 14.4 Å². The molecule has 0 aliphatic carbocycles. The number of thioether (sulfide) groups is 1. The number of aryl methyl sites for hydroxylation is 1. The van der Waals surface area contributed by atoms with Crippen LogP contribution in [0, 0.1) is 6.92 Å². The van der Waals surface area contributed by atoms with Crippen molar-refractivity contribution in [2.75, 3.05) is 30.6 Å². The minimum atomic E-state index is -0.464. The molecule has 0 saturated carbocycles. The van der Waals surface area contributed by atoms with E-state index in [2.05, 4.69) is 16.0 Å². The summed E-state index contributed by atoms with van der Waals surface area (Å²) in [7, 11) is 3.09. The summed E-state index contributed by atoms with van der Waals surface area (Å²) in [5.74, 6) is 0.263. The van der Waals surface area contributed by atoms with E-state index in [1.165, 1.54) is 18.9 Å². The molecular weight excluding hydrogens is 550 g/mol. The number of ether oxygens (including phenoxy) is 2. The van der Waals surface area contributed by atoms with Gasteiger partial charge in [0.05, 0.1) is 25.7 Å². The second-order valence-corrected chi connectivity index (χ2v) is 10.2. The summed E-state index contributed by atoms with van der Waals surface area (Å²) < 4.78 is 10.5. The summed E-state index contributed by atoms with van der Waals surface area (Å²) >= 11 is 1.35. The molecule has 0 heterocycles. The van der Waals surface area contributed by atoms with E-state index < -0.39 is 5.91 Å². The van der Waals surface area contributed by atoms with Crippen LogP contribution in [0.25, 0.3) is 6.08 Å². The van der Waals surface area contributed by atoms with Crippen LogP contribution in [-0.4, -0.2) is 37.7 Å². The average Bonchev–Trinajstić information content (AvgIpc) is 3.01. The third-order valence-corrected chi connectivity index (χ3v) is 7.06. The van der Waals surface area contributed by atoms with Crippen molar-refractivity contribution in [1.82, 2.24) is 5.32 Å². The molecule has 0 aromatic heterocycles. The van der Waals surface area contributed by atoms with Crippen LogP contribution < -0.4 is 25.4 Å². The number of carbonyl (C=O) groups is 3. The first kappa shape index (κ1) is 30.0. The van der Waals surface area contributed by atoms with Crippen LogP contribution >= 0.6 is 11.8 Å². The van der Waals surface area contributed by atoms with Crippen LogP contribution in [0.5, 0.6) is 11.5 Å². The maximum Gasteiger partial charge on any atom is 0.272 e. The Bertz CT molecular complexity index is 1590. The normalized spacial score (nSPS) is 10.9. The predicted molar refractivity (Wildman–Crippen MR) is 167 cm³/mol. The van der Waals surface area contributed by atoms with Crippen LogP contribution in [0.4, 0.5) is 11.4 Å². The second-order valence-electron chi connectivity index (χ2n) is 9.17. The molecule has 3 N–H and O–H groups in total. The van der Waals surface area contributed by atoms with Crippen LogP contribution in [0.1, 0.15) is 21.5 Å². The van der Waals surface area contributed by atoms with Gasteiger partial charge < -0.3 is 25.4 Å². The van der Waals surface area contributed by atoms with E-state index in [0.717, 1.165) is 16.0 Å². The summed E-state index contributed by atoms with van der Waals surface area (Å²) in [6, 6.07) is 28.6. The van der Waals surface area contributed by atoms with Gasteiger partial charge in [-0.05, 0) is 67.1 Å². The highest BCUT2D eigenvalue weighted by atomic mass is 32.2. The molecule has 4 aromatic carbocycles. The van der Waals surface area contributed by atoms with Crippen LogP contribution in [0.15, 0.2) is 108 Å². The van der Waals surface area contributed by atoms with Gasteiger partial charge >= 0.3 is 0 Å². The molecule has 3 amide bonds. The standard InChI is InChI=1S/C33H31N3O5S/c1-22-8-7-9-23(18-22)19-29(36-32(38)24-10-5-4-6-11-24)33(39)34-25-12-15-27(16-13-25)42-21-31(37)35-28-17-14-26(40-2)20-30(28)41-3/h4-20H,21H2,1-3H3,(H,34,39)(H,35,37)(H,36,38)/b29-19-. The van der Waals surface area contributed by atoms with E-state index in [1.807, 2.05) is 49.4 Å². The van der Waals surface area contributed by atoms with Gasteiger partial charge in [0.25, 0.3) is 11.8 Å². The molecule has 0 bridgehead atoms. The number of carbonyl (C=O) groups excluding carboxylic acids is 3. The largest absolute Gasteiger partial charge is 0.497 e. The Morgan fingerprint density at radius 2 is 1.57 bits per heavy atom. The Labute approximate surface area is 249 Å². The predicted octanol–water partition coefficient (Wildman–Crippen LogP) is 6.15. The lowest BCUT2D eigenvalue weighted by Gasteiger charge is -2.12. The lowest BCUT2D eigenvalue weighted by Crippen LogP contribution is -2.30. The van der Waals surface area contributed by atoms with E-state index in [9.17, 15) is 14.4 Å². The second kappa shape index (κ2) is 14.6. The minimum absolute atomic E-state index is 0.110. The molecular formula is C33H31N3O5S. The van der Waals surface area contributed by atoms with E-state index in [0.29, 0.717) is 28.4 Å². The van der Waals surface area contributed by atoms with Crippen molar-refractivity contribution in [3.8, 4) is 11.5 Å². The molecule has 9 heteroatoms. The molecule has 4 rings (SSSR count). The maximum atomic E-state index is 13.3. The SMILES string of the molecule is COc1ccc(NC(=O)CSc2ccc(NC(=O)/C(=C/c3cccc(C)c3)NC(=O)c3ccccc3)cc2)c(OC)c1. The van der Waals surface area contributed by atoms with Crippen molar-refractivity contribution in [3.05, 3.63) is 119 Å². The summed E-state index contributed by atoms with van der Waals surface area (Å²) in [6.07, 6.45) is 1.64. The first-order valence-electron chi connectivity index (χ1n) is 13.1. The number of methoxy groups -OCH3 is 2. The zero-order chi connectivity index (χ0) is 29.9. The molecule has 0 aliphatic rings. The number of nitrogens with one attached hydrogen (secondary N) is 3. The fourth-order valence-corrected chi connectivity index (χ4v) is 4.64. The molecule has 0 spiro atoms. The van der Waals surface area contributed by atoms with Gasteiger partial charge in [0.1, 0.15) is 17.2 Å². The lowest BCUT2D eigenvalue weighted by molar-refractivity contribution is -0.114. The number of amides is 3. The van der Waals surface area contributed by atoms with Crippen molar-refractivity contribution < 1.29 is 23.9 Å². The quantitative estimate of drug-likeness (QED) is 0.145. The van der Waals surface area contributed by atoms with Crippen molar-refractivity contribution in [1.29, 1.82) is 0 Å². The lowest BCUT2D eigenvalue weighted by atomic mass is 10.1. The van der Waals surface area contributed by atoms with E-state index in [-0.39, 0.29) is 23.3 Å². The van der Waals surface area contributed by atoms with Crippen molar-refractivity contribution in [2.24, 2.45) is 0 Å². The number of rotatable bonds is 11. The zero-order valence-corrected chi connectivity index (χ0v) is 24.3. The summed E-state index contributed by atoms with van der Waals surface area (Å²) in [5.41, 5.74) is 3.46. The van der Waals surface area contributed by atoms with E-state index in [4.69, 9.17) is 9.47 Å². The molecule has 0 atom stereocenters. The fourth-order valence-electron chi connectivity index (χ4n) is 3.94. The Kier molecular flexibility index (Phi) is 10.4. The van der Waals surface area contributed by atoms with Crippen molar-refractivity contribution in [2.45, 2.75) is 11.8 Å². The molecule has 0 fully saturated rings. The van der Waals surface area contributed by atoms with Gasteiger partial charge in [0, 0.05) is 22.2 Å². The third kappa shape index (κ3) is 8.49. The van der Waals surface area contributed by atoms with Crippen molar-refractivity contribution >= 4 is 46.9 Å². The number of hydrogen-bond donors (Lipinski definition) is 3. The van der Waals surface area contributed by atoms with Gasteiger partial charge in [0.15, 0.2) is 0 Å². The van der Waals surface area contributed by atoms with Crippen LogP contribution in [0.3, 0.4) is 0 Å². The first-order valence-corrected chi connectivity index (χ1v) is 14.0. The Balaban J connectivity index is 1.39. The minimum Gasteiger partial charge on any atom is -0.497 e. The van der Waals surface area contributed by atoms with Gasteiger partial charge in [-0.2, -0.15) is 0 Å². The number of anilines is 2. The Morgan fingerprint density at radius 3 is 2.26 bits per heavy atom. The highest BCUT2D eigenvalue weighted by Gasteiger charge is 2.15. The van der Waals surface area contributed by atoms with Crippen LogP contribution in [-0.2, 0) is 9.59 Å². The highest BCUT2D eigenvalue weighted by Crippen LogP contribution is 2.29. The third-order valence-electron chi connectivity index (χ3n) is 6.05. The molecule has 42 heavy (non-hydrogen) atoms. The van der Waals surface area contributed by atoms with E-state index >= 15 is 0 Å². The van der Waals surface area contributed by atoms with Gasteiger partial charge in [-0.1, -0.05) is 48.0 Å². The maximum absolute atomic E-state index is 13.3. The molecule has 0 unspecified atom stereocenters. The zero-order valence-electron chi connectivity index (χ0n) is 23.5. The van der Waals surface area contributed by atoms with E-state index in [1.54, 1.807) is 67.8 Å². The molecule has 0 aliphatic heterocycles. The fraction of sp³-hybridized carbons (Fsp3) is 0.121. The van der Waals surface area contributed by atoms with Gasteiger partial charge in [-0.25, -0.2) is 0 Å². The topological polar surface area (TPSA) is 106 Å². The molecule has 0 saturated heterocycles. The molecule has 8 nitrogen and oxygen atoms in total. The average molecular weight is 582 g/mol. The summed E-state index contributed by atoms with van der Waals surface area (Å²) in [5, 5.41) is 8.44. The monoisotopic (exact) mass is 581 g/mol. The molecule has 4 aromatic rings. The molecule has 214 valence electrons. The smallest absolute Gasteiger partial charge is 0.272 e. The number of hydrogen-bond acceptors (Lipinski definition) is 6. The summed E-state index contributed by atoms with van der Waals surface area (Å²) in [6.45, 7) is 1.96. The van der Waals surface area contributed by atoms with Crippen LogP contribution in [0.2, 0.25) is 0 Å². The Hall–Kier alpha value is -5.02. The van der Waals surface area contributed by atoms with Crippen molar-refractivity contribution in [3.63, 3.8) is 0 Å². The van der Waals surface area contributed by atoms with Gasteiger partial charge in [-0.15, -0.1) is 11.8 Å².